The van der Waals surface area contributed by atoms with Crippen molar-refractivity contribution in [3.63, 3.8) is 0 Å². The number of hydrogen-bond donors (Lipinski definition) is 3. The number of nitrogens with zero attached hydrogens (tertiary/aromatic N) is 3. The van der Waals surface area contributed by atoms with Crippen molar-refractivity contribution < 1.29 is 15.3 Å². The zero-order chi connectivity index (χ0) is 29.9. The van der Waals surface area contributed by atoms with Crippen LogP contribution in [0.4, 0.5) is 0 Å². The van der Waals surface area contributed by atoms with Crippen molar-refractivity contribution in [3.8, 4) is 17.2 Å². The Bertz CT molecular complexity index is 1570. The first-order valence-electron chi connectivity index (χ1n) is 14.6. The average molecular weight is 589 g/mol. The number of aromatic nitrogens is 3. The Balaban J connectivity index is 0.000000175. The SMILES string of the molecule is CCCc1ccc2cccnc2c1O.CCCc1ccc2cccnc2c1O.CCCc1ccc2cccnc2c1O.[Al+3]. The Hall–Kier alpha value is -4.18. The van der Waals surface area contributed by atoms with E-state index < -0.39 is 0 Å². The number of phenols is 3. The fourth-order valence-corrected chi connectivity index (χ4v) is 4.93. The molecular formula is C36H39AlN3O3+3. The molecule has 0 spiro atoms. The summed E-state index contributed by atoms with van der Waals surface area (Å²) in [6.07, 6.45) is 10.9. The van der Waals surface area contributed by atoms with Gasteiger partial charge < -0.3 is 15.3 Å². The number of fused-ring (bicyclic) bond motifs is 3. The number of aromatic hydroxyl groups is 3. The van der Waals surface area contributed by atoms with Gasteiger partial charge in [-0.2, -0.15) is 0 Å². The van der Waals surface area contributed by atoms with Gasteiger partial charge in [-0.05, 0) is 54.2 Å². The van der Waals surface area contributed by atoms with Gasteiger partial charge in [0.15, 0.2) is 0 Å². The third-order valence-corrected chi connectivity index (χ3v) is 7.05. The zero-order valence-corrected chi connectivity index (χ0v) is 26.3. The Morgan fingerprint density at radius 3 is 0.977 bits per heavy atom. The second kappa shape index (κ2) is 16.5. The van der Waals surface area contributed by atoms with Gasteiger partial charge in [0.05, 0.1) is 0 Å². The van der Waals surface area contributed by atoms with Gasteiger partial charge in [-0.1, -0.05) is 94.6 Å². The zero-order valence-electron chi connectivity index (χ0n) is 25.2. The number of rotatable bonds is 6. The minimum Gasteiger partial charge on any atom is -0.505 e. The summed E-state index contributed by atoms with van der Waals surface area (Å²) in [4.78, 5) is 12.5. The first-order valence-corrected chi connectivity index (χ1v) is 14.6. The molecule has 0 atom stereocenters. The molecule has 0 unspecified atom stereocenters. The molecule has 7 heteroatoms. The molecule has 0 saturated heterocycles. The van der Waals surface area contributed by atoms with E-state index in [2.05, 4.69) is 35.7 Å². The van der Waals surface area contributed by atoms with Gasteiger partial charge in [0.25, 0.3) is 0 Å². The van der Waals surface area contributed by atoms with Crippen LogP contribution in [0.5, 0.6) is 17.2 Å². The first-order chi connectivity index (χ1) is 20.5. The monoisotopic (exact) mass is 588 g/mol. The Morgan fingerprint density at radius 2 is 0.721 bits per heavy atom. The second-order valence-corrected chi connectivity index (χ2v) is 10.2. The van der Waals surface area contributed by atoms with E-state index >= 15 is 0 Å². The molecule has 3 heterocycles. The predicted molar refractivity (Wildman–Crippen MR) is 178 cm³/mol. The fourth-order valence-electron chi connectivity index (χ4n) is 4.93. The largest absolute Gasteiger partial charge is 3.00 e. The summed E-state index contributed by atoms with van der Waals surface area (Å²) in [6.45, 7) is 6.30. The van der Waals surface area contributed by atoms with Crippen molar-refractivity contribution in [3.05, 3.63) is 108 Å². The van der Waals surface area contributed by atoms with Crippen molar-refractivity contribution in [2.75, 3.05) is 0 Å². The summed E-state index contributed by atoms with van der Waals surface area (Å²) in [5.41, 5.74) is 5.08. The van der Waals surface area contributed by atoms with E-state index in [4.69, 9.17) is 0 Å². The molecule has 0 radical (unpaired) electrons. The molecule has 0 saturated carbocycles. The first kappa shape index (κ1) is 33.3. The van der Waals surface area contributed by atoms with E-state index in [-0.39, 0.29) is 17.4 Å². The molecule has 3 aromatic heterocycles. The molecule has 0 aliphatic rings. The van der Waals surface area contributed by atoms with Crippen LogP contribution in [0.15, 0.2) is 91.4 Å². The maximum Gasteiger partial charge on any atom is 3.00 e. The minimum absolute atomic E-state index is 0. The summed E-state index contributed by atoms with van der Waals surface area (Å²) < 4.78 is 0. The predicted octanol–water partition coefficient (Wildman–Crippen LogP) is 8.30. The summed E-state index contributed by atoms with van der Waals surface area (Å²) in [6, 6.07) is 23.4. The van der Waals surface area contributed by atoms with Crippen molar-refractivity contribution in [2.45, 2.75) is 59.3 Å². The quantitative estimate of drug-likeness (QED) is 0.169. The molecule has 6 rings (SSSR count). The van der Waals surface area contributed by atoms with Gasteiger partial charge in [-0.15, -0.1) is 0 Å². The second-order valence-electron chi connectivity index (χ2n) is 10.2. The number of benzene rings is 3. The molecule has 3 aromatic carbocycles. The number of hydrogen-bond acceptors (Lipinski definition) is 6. The van der Waals surface area contributed by atoms with Crippen molar-refractivity contribution >= 4 is 50.1 Å². The van der Waals surface area contributed by atoms with Gasteiger partial charge >= 0.3 is 17.4 Å². The van der Waals surface area contributed by atoms with E-state index in [0.717, 1.165) is 71.4 Å². The van der Waals surface area contributed by atoms with Crippen molar-refractivity contribution in [1.82, 2.24) is 15.0 Å². The molecule has 6 aromatic rings. The molecule has 0 aliphatic carbocycles. The molecule has 0 bridgehead atoms. The molecule has 3 N–H and O–H groups in total. The van der Waals surface area contributed by atoms with Crippen LogP contribution in [0.2, 0.25) is 0 Å². The third-order valence-electron chi connectivity index (χ3n) is 7.05. The topological polar surface area (TPSA) is 99.4 Å². The standard InChI is InChI=1S/3C12H13NO.Al/c3*1-2-4-10-7-6-9-5-3-8-13-11(9)12(10)14;/h3*3,5-8,14H,2,4H2,1H3;/q;;;+3. The summed E-state index contributed by atoms with van der Waals surface area (Å²) in [5.74, 6) is 1.01. The summed E-state index contributed by atoms with van der Waals surface area (Å²) in [7, 11) is 0. The average Bonchev–Trinajstić information content (AvgIpc) is 3.03. The molecule has 43 heavy (non-hydrogen) atoms. The van der Waals surface area contributed by atoms with Crippen LogP contribution in [0, 0.1) is 0 Å². The van der Waals surface area contributed by atoms with Crippen molar-refractivity contribution in [1.29, 1.82) is 0 Å². The van der Waals surface area contributed by atoms with Crippen molar-refractivity contribution in [2.24, 2.45) is 0 Å². The van der Waals surface area contributed by atoms with Crippen LogP contribution in [-0.2, 0) is 19.3 Å². The number of aryl methyl sites for hydroxylation is 3. The van der Waals surface area contributed by atoms with Crippen LogP contribution in [0.1, 0.15) is 56.7 Å². The van der Waals surface area contributed by atoms with Gasteiger partial charge in [0.1, 0.15) is 33.8 Å². The molecule has 0 fully saturated rings. The van der Waals surface area contributed by atoms with Crippen LogP contribution in [0.3, 0.4) is 0 Å². The van der Waals surface area contributed by atoms with E-state index in [9.17, 15) is 15.3 Å². The van der Waals surface area contributed by atoms with Crippen LogP contribution < -0.4 is 0 Å². The van der Waals surface area contributed by atoms with Crippen LogP contribution in [0.25, 0.3) is 32.7 Å². The maximum atomic E-state index is 9.92. The van der Waals surface area contributed by atoms with Gasteiger partial charge in [-0.3, -0.25) is 15.0 Å². The van der Waals surface area contributed by atoms with Crippen LogP contribution in [-0.4, -0.2) is 47.6 Å². The smallest absolute Gasteiger partial charge is 0.505 e. The van der Waals surface area contributed by atoms with Gasteiger partial charge in [0.2, 0.25) is 0 Å². The fraction of sp³-hybridized carbons (Fsp3) is 0.250. The molecule has 6 nitrogen and oxygen atoms in total. The summed E-state index contributed by atoms with van der Waals surface area (Å²) in [5, 5.41) is 32.7. The Morgan fingerprint density at radius 1 is 0.442 bits per heavy atom. The molecule has 216 valence electrons. The molecule has 0 aliphatic heterocycles. The number of phenolic OH excluding ortho intramolecular Hbond substituents is 3. The Kier molecular flexibility index (Phi) is 12.8. The van der Waals surface area contributed by atoms with Gasteiger partial charge in [-0.25, -0.2) is 0 Å². The molecular weight excluding hydrogens is 549 g/mol. The maximum absolute atomic E-state index is 9.92. The summed E-state index contributed by atoms with van der Waals surface area (Å²) >= 11 is 0. The van der Waals surface area contributed by atoms with Gasteiger partial charge in [0, 0.05) is 34.7 Å². The van der Waals surface area contributed by atoms with E-state index in [1.165, 1.54) is 0 Å². The van der Waals surface area contributed by atoms with E-state index in [0.29, 0.717) is 33.8 Å². The Labute approximate surface area is 264 Å². The third kappa shape index (κ3) is 8.22. The van der Waals surface area contributed by atoms with E-state index in [1.54, 1.807) is 18.6 Å². The normalized spacial score (nSPS) is 10.4. The minimum atomic E-state index is 0. The molecule has 0 amide bonds. The van der Waals surface area contributed by atoms with E-state index in [1.807, 2.05) is 72.8 Å². The number of pyridine rings is 3. The van der Waals surface area contributed by atoms with Crippen LogP contribution >= 0.6 is 0 Å².